The van der Waals surface area contributed by atoms with E-state index in [-0.39, 0.29) is 6.10 Å². The molecular formula is C11H20N2OS. The molecule has 0 bridgehead atoms. The molecule has 1 atom stereocenters. The summed E-state index contributed by atoms with van der Waals surface area (Å²) in [5.41, 5.74) is 1.13. The van der Waals surface area contributed by atoms with Crippen LogP contribution >= 0.6 is 11.8 Å². The highest BCUT2D eigenvalue weighted by molar-refractivity contribution is 7.98. The molecular weight excluding hydrogens is 208 g/mol. The Morgan fingerprint density at radius 3 is 3.00 bits per heavy atom. The van der Waals surface area contributed by atoms with Gasteiger partial charge in [-0.2, -0.15) is 16.9 Å². The molecule has 1 aromatic rings. The normalized spacial score (nSPS) is 13.0. The molecule has 1 N–H and O–H groups in total. The first-order valence-corrected chi connectivity index (χ1v) is 6.84. The molecule has 1 rings (SSSR count). The number of aliphatic hydroxyl groups is 1. The third-order valence-corrected chi connectivity index (χ3v) is 3.06. The average molecular weight is 228 g/mol. The molecule has 0 amide bonds. The second-order valence-electron chi connectivity index (χ2n) is 3.70. The van der Waals surface area contributed by atoms with Crippen LogP contribution in [0, 0.1) is 0 Å². The van der Waals surface area contributed by atoms with Gasteiger partial charge >= 0.3 is 0 Å². The Morgan fingerprint density at radius 1 is 1.60 bits per heavy atom. The summed E-state index contributed by atoms with van der Waals surface area (Å²) in [6, 6.07) is 0. The summed E-state index contributed by atoms with van der Waals surface area (Å²) in [6.45, 7) is 2.95. The summed E-state index contributed by atoms with van der Waals surface area (Å²) >= 11 is 1.83. The lowest BCUT2D eigenvalue weighted by Crippen LogP contribution is -2.10. The third-order valence-electron chi connectivity index (χ3n) is 2.37. The van der Waals surface area contributed by atoms with Gasteiger partial charge in [-0.25, -0.2) is 0 Å². The molecule has 0 aliphatic carbocycles. The Hall–Kier alpha value is -0.480. The summed E-state index contributed by atoms with van der Waals surface area (Å²) in [5, 5.41) is 14.0. The Kier molecular flexibility index (Phi) is 5.79. The molecule has 0 radical (unpaired) electrons. The number of hydrogen-bond acceptors (Lipinski definition) is 3. The van der Waals surface area contributed by atoms with Gasteiger partial charge in [0, 0.05) is 19.2 Å². The van der Waals surface area contributed by atoms with E-state index in [2.05, 4.69) is 18.3 Å². The maximum Gasteiger partial charge on any atom is 0.0582 e. The first kappa shape index (κ1) is 12.6. The molecule has 1 heterocycles. The van der Waals surface area contributed by atoms with Crippen molar-refractivity contribution in [2.75, 3.05) is 12.0 Å². The van der Waals surface area contributed by atoms with Crippen LogP contribution in [-0.2, 0) is 13.0 Å². The monoisotopic (exact) mass is 228 g/mol. The molecule has 0 aromatic carbocycles. The topological polar surface area (TPSA) is 38.0 Å². The Morgan fingerprint density at radius 2 is 2.40 bits per heavy atom. The third kappa shape index (κ3) is 4.71. The van der Waals surface area contributed by atoms with Crippen molar-refractivity contribution in [2.24, 2.45) is 0 Å². The van der Waals surface area contributed by atoms with Crippen LogP contribution in [0.5, 0.6) is 0 Å². The number of hydrogen-bond donors (Lipinski definition) is 1. The molecule has 1 aromatic heterocycles. The first-order chi connectivity index (χ1) is 7.26. The Labute approximate surface area is 95.9 Å². The van der Waals surface area contributed by atoms with Crippen LogP contribution in [0.3, 0.4) is 0 Å². The van der Waals surface area contributed by atoms with Crippen molar-refractivity contribution < 1.29 is 5.11 Å². The van der Waals surface area contributed by atoms with Gasteiger partial charge in [-0.3, -0.25) is 4.68 Å². The van der Waals surface area contributed by atoms with Gasteiger partial charge in [0.05, 0.1) is 12.3 Å². The van der Waals surface area contributed by atoms with Gasteiger partial charge in [0.2, 0.25) is 0 Å². The van der Waals surface area contributed by atoms with Crippen molar-refractivity contribution in [3.05, 3.63) is 18.0 Å². The maximum atomic E-state index is 9.76. The van der Waals surface area contributed by atoms with Crippen molar-refractivity contribution in [2.45, 2.75) is 38.8 Å². The van der Waals surface area contributed by atoms with E-state index in [4.69, 9.17) is 0 Å². The van der Waals surface area contributed by atoms with E-state index in [1.807, 2.05) is 28.8 Å². The van der Waals surface area contributed by atoms with E-state index in [1.165, 1.54) is 0 Å². The number of aliphatic hydroxyl groups excluding tert-OH is 1. The fourth-order valence-corrected chi connectivity index (χ4v) is 1.98. The van der Waals surface area contributed by atoms with Crippen LogP contribution < -0.4 is 0 Å². The molecule has 0 saturated carbocycles. The SMILES string of the molecule is CCn1cc(CC(O)CCCSC)cn1. The summed E-state index contributed by atoms with van der Waals surface area (Å²) in [5.74, 6) is 1.13. The molecule has 0 aliphatic rings. The summed E-state index contributed by atoms with van der Waals surface area (Å²) < 4.78 is 1.89. The second kappa shape index (κ2) is 6.90. The second-order valence-corrected chi connectivity index (χ2v) is 4.68. The van der Waals surface area contributed by atoms with Crippen LogP contribution in [0.25, 0.3) is 0 Å². The molecule has 15 heavy (non-hydrogen) atoms. The van der Waals surface area contributed by atoms with Gasteiger partial charge in [0.25, 0.3) is 0 Å². The molecule has 86 valence electrons. The molecule has 1 unspecified atom stereocenters. The minimum absolute atomic E-state index is 0.216. The highest BCUT2D eigenvalue weighted by Gasteiger charge is 2.06. The fourth-order valence-electron chi connectivity index (χ4n) is 1.52. The zero-order valence-corrected chi connectivity index (χ0v) is 10.3. The van der Waals surface area contributed by atoms with Crippen molar-refractivity contribution in [3.63, 3.8) is 0 Å². The van der Waals surface area contributed by atoms with Crippen LogP contribution in [0.1, 0.15) is 25.3 Å². The summed E-state index contributed by atoms with van der Waals surface area (Å²) in [6.07, 6.45) is 8.44. The minimum Gasteiger partial charge on any atom is -0.393 e. The summed E-state index contributed by atoms with van der Waals surface area (Å²) in [7, 11) is 0. The van der Waals surface area contributed by atoms with Gasteiger partial charge in [-0.15, -0.1) is 0 Å². The Bertz CT molecular complexity index is 275. The van der Waals surface area contributed by atoms with Crippen LogP contribution in [-0.4, -0.2) is 33.0 Å². The van der Waals surface area contributed by atoms with Gasteiger partial charge in [-0.05, 0) is 37.3 Å². The number of rotatable bonds is 7. The first-order valence-electron chi connectivity index (χ1n) is 5.44. The van der Waals surface area contributed by atoms with Crippen molar-refractivity contribution in [3.8, 4) is 0 Å². The molecule has 0 saturated heterocycles. The predicted molar refractivity (Wildman–Crippen MR) is 65.2 cm³/mol. The zero-order valence-electron chi connectivity index (χ0n) is 9.52. The lowest BCUT2D eigenvalue weighted by molar-refractivity contribution is 0.164. The number of thioether (sulfide) groups is 1. The van der Waals surface area contributed by atoms with Gasteiger partial charge < -0.3 is 5.11 Å². The average Bonchev–Trinajstić information content (AvgIpc) is 2.66. The largest absolute Gasteiger partial charge is 0.393 e. The smallest absolute Gasteiger partial charge is 0.0582 e. The van der Waals surface area contributed by atoms with Gasteiger partial charge in [0.1, 0.15) is 0 Å². The van der Waals surface area contributed by atoms with Crippen molar-refractivity contribution >= 4 is 11.8 Å². The number of aromatic nitrogens is 2. The quantitative estimate of drug-likeness (QED) is 0.725. The van der Waals surface area contributed by atoms with Crippen LogP contribution in [0.4, 0.5) is 0 Å². The number of aryl methyl sites for hydroxylation is 1. The zero-order chi connectivity index (χ0) is 11.1. The van der Waals surface area contributed by atoms with Crippen LogP contribution in [0.15, 0.2) is 12.4 Å². The van der Waals surface area contributed by atoms with Gasteiger partial charge in [0.15, 0.2) is 0 Å². The highest BCUT2D eigenvalue weighted by atomic mass is 32.2. The fraction of sp³-hybridized carbons (Fsp3) is 0.727. The standard InChI is InChI=1S/C11H20N2OS/c1-3-13-9-10(8-12-13)7-11(14)5-4-6-15-2/h8-9,11,14H,3-7H2,1-2H3. The predicted octanol–water partition coefficient (Wildman–Crippen LogP) is 1.95. The lowest BCUT2D eigenvalue weighted by Gasteiger charge is -2.07. The molecule has 4 heteroatoms. The minimum atomic E-state index is -0.216. The number of nitrogens with zero attached hydrogens (tertiary/aromatic N) is 2. The summed E-state index contributed by atoms with van der Waals surface area (Å²) in [4.78, 5) is 0. The molecule has 0 fully saturated rings. The molecule has 0 aliphatic heterocycles. The maximum absolute atomic E-state index is 9.76. The van der Waals surface area contributed by atoms with E-state index in [9.17, 15) is 5.11 Å². The van der Waals surface area contributed by atoms with Gasteiger partial charge in [-0.1, -0.05) is 0 Å². The molecule has 0 spiro atoms. The Balaban J connectivity index is 2.27. The van der Waals surface area contributed by atoms with E-state index >= 15 is 0 Å². The molecule has 3 nitrogen and oxygen atoms in total. The van der Waals surface area contributed by atoms with E-state index < -0.39 is 0 Å². The van der Waals surface area contributed by atoms with Crippen molar-refractivity contribution in [1.82, 2.24) is 9.78 Å². The van der Waals surface area contributed by atoms with E-state index in [0.29, 0.717) is 0 Å². The van der Waals surface area contributed by atoms with E-state index in [0.717, 1.165) is 37.1 Å². The van der Waals surface area contributed by atoms with E-state index in [1.54, 1.807) is 0 Å². The highest BCUT2D eigenvalue weighted by Crippen LogP contribution is 2.08. The lowest BCUT2D eigenvalue weighted by atomic mass is 10.1. The van der Waals surface area contributed by atoms with Crippen molar-refractivity contribution in [1.29, 1.82) is 0 Å². The van der Waals surface area contributed by atoms with Crippen LogP contribution in [0.2, 0.25) is 0 Å².